The van der Waals surface area contributed by atoms with E-state index in [1.54, 1.807) is 10.6 Å². The number of fused-ring (bicyclic) bond motifs is 6. The molecule has 4 heteroatoms. The fraction of sp³-hybridized carbons (Fsp3) is 0.0833. The molecule has 0 saturated carbocycles. The SMILES string of the molecule is C[PH+](C)CC[PH+](c1ccccc1)c1ccccc1.[Au+].[Au+].[C-]#Cc1cc2ccccc2c2ccccc12.[C-]#Cc1cc2ccccc2c2ccccc12. The number of hydrogen-bond acceptors (Lipinski definition) is 0. The van der Waals surface area contributed by atoms with Crippen molar-refractivity contribution in [2.75, 3.05) is 25.7 Å². The van der Waals surface area contributed by atoms with Crippen LogP contribution in [0.5, 0.6) is 0 Å². The predicted octanol–water partition coefficient (Wildman–Crippen LogP) is 11.2. The molecule has 262 valence electrons. The minimum Gasteiger partial charge on any atom is -0.366 e. The molecule has 0 aliphatic heterocycles. The maximum absolute atomic E-state index is 7.35. The Morgan fingerprint density at radius 3 is 1.10 bits per heavy atom. The summed E-state index contributed by atoms with van der Waals surface area (Å²) in [6, 6.07) is 59.0. The molecule has 0 fully saturated rings. The first kappa shape index (κ1) is 41.0. The van der Waals surface area contributed by atoms with Crippen LogP contribution in [-0.2, 0) is 44.8 Å². The monoisotopic (exact) mass is 1070 g/mol. The van der Waals surface area contributed by atoms with Gasteiger partial charge < -0.3 is 12.8 Å². The van der Waals surface area contributed by atoms with Crippen LogP contribution in [-0.4, -0.2) is 25.7 Å². The van der Waals surface area contributed by atoms with Gasteiger partial charge in [0.1, 0.15) is 0 Å². The Morgan fingerprint density at radius 2 is 0.731 bits per heavy atom. The van der Waals surface area contributed by atoms with Crippen LogP contribution >= 0.6 is 15.8 Å². The summed E-state index contributed by atoms with van der Waals surface area (Å²) in [5, 5.41) is 12.5. The molecule has 0 bridgehead atoms. The van der Waals surface area contributed by atoms with Crippen molar-refractivity contribution in [2.24, 2.45) is 0 Å². The minimum absolute atomic E-state index is 0. The second-order valence-electron chi connectivity index (χ2n) is 12.5. The van der Waals surface area contributed by atoms with E-state index >= 15 is 0 Å². The van der Waals surface area contributed by atoms with E-state index in [-0.39, 0.29) is 52.7 Å². The normalized spacial score (nSPS) is 10.3. The Morgan fingerprint density at radius 1 is 0.404 bits per heavy atom. The molecule has 0 heterocycles. The first-order chi connectivity index (χ1) is 24.6. The maximum Gasteiger partial charge on any atom is 1.00 e. The Hall–Kier alpha value is -3.74. The molecule has 0 atom stereocenters. The van der Waals surface area contributed by atoms with Gasteiger partial charge in [-0.1, -0.05) is 144 Å². The standard InChI is InChI=1S/C16H20P2.2C16H9.2Au/c1-17(2)13-14-18(15-9-5-3-6-10-15)16-11-7-4-8-12-16;2*1-2-12-11-13-7-3-4-9-15(13)16-10-6-5-8-14(12)16;;/h3-12H,13-14H2,1-2H3;2*3-11H;;/q;2*-1;2*+1/p+2. The summed E-state index contributed by atoms with van der Waals surface area (Å²) in [5.41, 5.74) is 1.71. The van der Waals surface area contributed by atoms with Crippen LogP contribution in [0, 0.1) is 24.7 Å². The van der Waals surface area contributed by atoms with E-state index in [1.807, 2.05) is 72.8 Å². The molecule has 52 heavy (non-hydrogen) atoms. The van der Waals surface area contributed by atoms with E-state index < -0.39 is 7.92 Å². The van der Waals surface area contributed by atoms with Crippen molar-refractivity contribution in [2.45, 2.75) is 0 Å². The molecule has 0 radical (unpaired) electrons. The predicted molar refractivity (Wildman–Crippen MR) is 226 cm³/mol. The van der Waals surface area contributed by atoms with E-state index in [1.165, 1.54) is 33.9 Å². The fourth-order valence-corrected chi connectivity index (χ4v) is 11.5. The van der Waals surface area contributed by atoms with Gasteiger partial charge in [-0.15, -0.1) is 23.3 Å². The van der Waals surface area contributed by atoms with Crippen LogP contribution in [0.15, 0.2) is 170 Å². The van der Waals surface area contributed by atoms with Crippen LogP contribution in [0.25, 0.3) is 43.1 Å². The molecular weight excluding hydrogens is 1030 g/mol. The second kappa shape index (κ2) is 20.5. The molecule has 8 aromatic carbocycles. The Bertz CT molecular complexity index is 2270. The van der Waals surface area contributed by atoms with Gasteiger partial charge in [0.05, 0.1) is 30.9 Å². The van der Waals surface area contributed by atoms with Gasteiger partial charge in [0.25, 0.3) is 0 Å². The van der Waals surface area contributed by atoms with Crippen LogP contribution in [0.2, 0.25) is 0 Å². The van der Waals surface area contributed by atoms with E-state index in [2.05, 4.69) is 122 Å². The Labute approximate surface area is 343 Å². The molecule has 0 saturated heterocycles. The Balaban J connectivity index is 0.000000171. The van der Waals surface area contributed by atoms with Crippen molar-refractivity contribution >= 4 is 69.5 Å². The molecular formula is C48H40Au2P2+2. The molecule has 8 aromatic rings. The zero-order valence-corrected chi connectivity index (χ0v) is 35.5. The van der Waals surface area contributed by atoms with Gasteiger partial charge in [-0.2, -0.15) is 0 Å². The maximum atomic E-state index is 7.35. The van der Waals surface area contributed by atoms with Gasteiger partial charge in [0.15, 0.2) is 0 Å². The van der Waals surface area contributed by atoms with E-state index in [4.69, 9.17) is 12.8 Å². The summed E-state index contributed by atoms with van der Waals surface area (Å²) in [6.45, 7) is 4.83. The molecule has 0 aliphatic rings. The molecule has 0 amide bonds. The van der Waals surface area contributed by atoms with Crippen molar-refractivity contribution < 1.29 is 44.8 Å². The smallest absolute Gasteiger partial charge is 0.366 e. The minimum atomic E-state index is -0.569. The van der Waals surface area contributed by atoms with E-state index in [0.29, 0.717) is 0 Å². The molecule has 8 rings (SSSR count). The van der Waals surface area contributed by atoms with Gasteiger partial charge in [0.2, 0.25) is 0 Å². The average molecular weight is 1070 g/mol. The second-order valence-corrected chi connectivity index (χ2v) is 18.1. The third-order valence-corrected chi connectivity index (χ3v) is 13.5. The first-order valence-corrected chi connectivity index (χ1v) is 21.4. The van der Waals surface area contributed by atoms with Crippen LogP contribution in [0.3, 0.4) is 0 Å². The van der Waals surface area contributed by atoms with Crippen LogP contribution in [0.4, 0.5) is 0 Å². The van der Waals surface area contributed by atoms with Crippen molar-refractivity contribution in [3.8, 4) is 11.8 Å². The van der Waals surface area contributed by atoms with Crippen LogP contribution < -0.4 is 10.6 Å². The zero-order chi connectivity index (χ0) is 34.7. The average Bonchev–Trinajstić information content (AvgIpc) is 3.18. The van der Waals surface area contributed by atoms with Crippen molar-refractivity contribution in [1.29, 1.82) is 0 Å². The van der Waals surface area contributed by atoms with Crippen molar-refractivity contribution in [1.82, 2.24) is 0 Å². The number of hydrogen-bond donors (Lipinski definition) is 0. The summed E-state index contributed by atoms with van der Waals surface area (Å²) >= 11 is 0. The van der Waals surface area contributed by atoms with Gasteiger partial charge in [-0.3, -0.25) is 11.8 Å². The van der Waals surface area contributed by atoms with Gasteiger partial charge in [-0.05, 0) is 64.5 Å². The zero-order valence-electron chi connectivity index (χ0n) is 29.2. The topological polar surface area (TPSA) is 0 Å². The van der Waals surface area contributed by atoms with Gasteiger partial charge in [0, 0.05) is 13.3 Å². The Kier molecular flexibility index (Phi) is 16.2. The quantitative estimate of drug-likeness (QED) is 0.0530. The van der Waals surface area contributed by atoms with Crippen molar-refractivity contribution in [3.05, 3.63) is 194 Å². The summed E-state index contributed by atoms with van der Waals surface area (Å²) in [7, 11) is -0.688. The summed E-state index contributed by atoms with van der Waals surface area (Å²) in [6.07, 6.45) is 17.5. The third kappa shape index (κ3) is 10.0. The van der Waals surface area contributed by atoms with E-state index in [9.17, 15) is 0 Å². The largest absolute Gasteiger partial charge is 1.00 e. The summed E-state index contributed by atoms with van der Waals surface area (Å²) in [5.74, 6) is 5.02. The molecule has 0 spiro atoms. The van der Waals surface area contributed by atoms with Gasteiger partial charge >= 0.3 is 44.8 Å². The van der Waals surface area contributed by atoms with Crippen molar-refractivity contribution in [3.63, 3.8) is 0 Å². The van der Waals surface area contributed by atoms with E-state index in [0.717, 1.165) is 32.7 Å². The third-order valence-electron chi connectivity index (χ3n) is 8.92. The molecule has 0 N–H and O–H groups in total. The fourth-order valence-electron chi connectivity index (χ4n) is 6.42. The first-order valence-electron chi connectivity index (χ1n) is 17.0. The molecule has 0 aliphatic carbocycles. The molecule has 0 aromatic heterocycles. The molecule has 0 nitrogen and oxygen atoms in total. The van der Waals surface area contributed by atoms with Gasteiger partial charge in [-0.25, -0.2) is 0 Å². The van der Waals surface area contributed by atoms with Crippen LogP contribution in [0.1, 0.15) is 11.1 Å². The number of benzene rings is 8. The molecule has 0 unspecified atom stereocenters. The summed E-state index contributed by atoms with van der Waals surface area (Å²) < 4.78 is 0. The summed E-state index contributed by atoms with van der Waals surface area (Å²) in [4.78, 5) is 0. The number of rotatable bonds is 5.